The largest absolute Gasteiger partial charge is 0.481 e. The Bertz CT molecular complexity index is 511. The van der Waals surface area contributed by atoms with Gasteiger partial charge >= 0.3 is 11.9 Å². The Morgan fingerprint density at radius 2 is 2.05 bits per heavy atom. The zero-order valence-corrected chi connectivity index (χ0v) is 10.8. The lowest BCUT2D eigenvalue weighted by atomic mass is 10.2. The Kier molecular flexibility index (Phi) is 4.94. The molecule has 1 atom stereocenters. The molecule has 3 N–H and O–H groups in total. The SMILES string of the molecule is CCn1cc(Cl)cc1C(=O)N[C@H](CC(=O)O)C(=O)O. The molecule has 1 heterocycles. The fraction of sp³-hybridized carbons (Fsp3) is 0.364. The first kappa shape index (κ1) is 15.0. The number of aryl methyl sites for hydroxylation is 1. The molecule has 0 saturated carbocycles. The second-order valence-corrected chi connectivity index (χ2v) is 4.23. The third-order valence-corrected chi connectivity index (χ3v) is 2.63. The summed E-state index contributed by atoms with van der Waals surface area (Å²) < 4.78 is 1.54. The summed E-state index contributed by atoms with van der Waals surface area (Å²) in [7, 11) is 0. The van der Waals surface area contributed by atoms with Gasteiger partial charge < -0.3 is 20.1 Å². The van der Waals surface area contributed by atoms with E-state index in [-0.39, 0.29) is 5.69 Å². The number of hydrogen-bond acceptors (Lipinski definition) is 3. The highest BCUT2D eigenvalue weighted by Gasteiger charge is 2.24. The van der Waals surface area contributed by atoms with Gasteiger partial charge in [0.25, 0.3) is 5.91 Å². The first-order valence-corrected chi connectivity index (χ1v) is 5.84. The average Bonchev–Trinajstić information content (AvgIpc) is 2.68. The van der Waals surface area contributed by atoms with E-state index in [2.05, 4.69) is 5.32 Å². The first-order chi connectivity index (χ1) is 8.85. The molecule has 1 amide bonds. The summed E-state index contributed by atoms with van der Waals surface area (Å²) in [5, 5.41) is 19.9. The lowest BCUT2D eigenvalue weighted by molar-refractivity contribution is -0.145. The van der Waals surface area contributed by atoms with Crippen LogP contribution in [0.2, 0.25) is 5.02 Å². The Hall–Kier alpha value is -2.02. The highest BCUT2D eigenvalue weighted by molar-refractivity contribution is 6.31. The lowest BCUT2D eigenvalue weighted by Gasteiger charge is -2.13. The van der Waals surface area contributed by atoms with Crippen LogP contribution in [-0.4, -0.2) is 38.7 Å². The van der Waals surface area contributed by atoms with Crippen molar-refractivity contribution in [2.45, 2.75) is 25.9 Å². The molecular formula is C11H13ClN2O5. The van der Waals surface area contributed by atoms with E-state index in [1.165, 1.54) is 16.8 Å². The molecule has 0 radical (unpaired) electrons. The van der Waals surface area contributed by atoms with Crippen molar-refractivity contribution in [3.63, 3.8) is 0 Å². The molecule has 7 nitrogen and oxygen atoms in total. The maximum atomic E-state index is 11.9. The van der Waals surface area contributed by atoms with Crippen molar-refractivity contribution in [3.8, 4) is 0 Å². The standard InChI is InChI=1S/C11H13ClN2O5/c1-2-14-5-6(12)3-8(14)10(17)13-7(11(18)19)4-9(15)16/h3,5,7H,2,4H2,1H3,(H,13,17)(H,15,16)(H,18,19)/t7-/m1/s1. The number of amides is 1. The van der Waals surface area contributed by atoms with E-state index >= 15 is 0 Å². The topological polar surface area (TPSA) is 109 Å². The molecule has 0 unspecified atom stereocenters. The normalized spacial score (nSPS) is 11.9. The predicted molar refractivity (Wildman–Crippen MR) is 66.3 cm³/mol. The van der Waals surface area contributed by atoms with Crippen LogP contribution >= 0.6 is 11.6 Å². The van der Waals surface area contributed by atoms with Gasteiger partial charge in [-0.2, -0.15) is 0 Å². The third-order valence-electron chi connectivity index (χ3n) is 2.42. The molecule has 19 heavy (non-hydrogen) atoms. The summed E-state index contributed by atoms with van der Waals surface area (Å²) in [6.07, 6.45) is 0.838. The number of nitrogens with zero attached hydrogens (tertiary/aromatic N) is 1. The van der Waals surface area contributed by atoms with Crippen LogP contribution in [0.5, 0.6) is 0 Å². The van der Waals surface area contributed by atoms with Gasteiger partial charge in [-0.15, -0.1) is 0 Å². The van der Waals surface area contributed by atoms with E-state index in [9.17, 15) is 14.4 Å². The summed E-state index contributed by atoms with van der Waals surface area (Å²) >= 11 is 5.76. The van der Waals surface area contributed by atoms with Crippen LogP contribution in [0.3, 0.4) is 0 Å². The quantitative estimate of drug-likeness (QED) is 0.718. The first-order valence-electron chi connectivity index (χ1n) is 5.46. The summed E-state index contributed by atoms with van der Waals surface area (Å²) in [4.78, 5) is 33.3. The fourth-order valence-electron chi connectivity index (χ4n) is 1.53. The average molecular weight is 289 g/mol. The molecule has 1 rings (SSSR count). The molecule has 8 heteroatoms. The number of carboxylic acids is 2. The molecule has 0 fully saturated rings. The van der Waals surface area contributed by atoms with Gasteiger partial charge in [0.1, 0.15) is 11.7 Å². The third kappa shape index (κ3) is 3.99. The highest BCUT2D eigenvalue weighted by Crippen LogP contribution is 2.14. The van der Waals surface area contributed by atoms with Crippen molar-refractivity contribution in [2.75, 3.05) is 0 Å². The second-order valence-electron chi connectivity index (χ2n) is 3.79. The Labute approximate surface area is 113 Å². The van der Waals surface area contributed by atoms with Crippen molar-refractivity contribution in [3.05, 3.63) is 23.0 Å². The Morgan fingerprint density at radius 3 is 2.53 bits per heavy atom. The van der Waals surface area contributed by atoms with Crippen LogP contribution in [0.4, 0.5) is 0 Å². The van der Waals surface area contributed by atoms with Crippen LogP contribution in [0.25, 0.3) is 0 Å². The van der Waals surface area contributed by atoms with E-state index in [1.807, 2.05) is 0 Å². The van der Waals surface area contributed by atoms with Crippen LogP contribution in [-0.2, 0) is 16.1 Å². The smallest absolute Gasteiger partial charge is 0.326 e. The molecule has 0 bridgehead atoms. The Balaban J connectivity index is 2.87. The van der Waals surface area contributed by atoms with Gasteiger partial charge in [-0.3, -0.25) is 9.59 Å². The molecule has 104 valence electrons. The number of hydrogen-bond donors (Lipinski definition) is 3. The zero-order valence-electron chi connectivity index (χ0n) is 10.1. The molecule has 1 aromatic rings. The minimum absolute atomic E-state index is 0.184. The van der Waals surface area contributed by atoms with Crippen molar-refractivity contribution in [2.24, 2.45) is 0 Å². The molecule has 0 aliphatic heterocycles. The number of halogens is 1. The van der Waals surface area contributed by atoms with Crippen LogP contribution in [0, 0.1) is 0 Å². The molecule has 0 spiro atoms. The van der Waals surface area contributed by atoms with Crippen molar-refractivity contribution < 1.29 is 24.6 Å². The molecule has 0 saturated heterocycles. The van der Waals surface area contributed by atoms with E-state index in [0.29, 0.717) is 11.6 Å². The van der Waals surface area contributed by atoms with Crippen LogP contribution in [0.1, 0.15) is 23.8 Å². The number of carboxylic acid groups (broad SMARTS) is 2. The van der Waals surface area contributed by atoms with Gasteiger partial charge in [0.2, 0.25) is 0 Å². The van der Waals surface area contributed by atoms with Gasteiger partial charge in [-0.05, 0) is 13.0 Å². The second kappa shape index (κ2) is 6.24. The van der Waals surface area contributed by atoms with Gasteiger partial charge in [0.05, 0.1) is 11.4 Å². The van der Waals surface area contributed by atoms with Crippen LogP contribution in [0.15, 0.2) is 12.3 Å². The minimum Gasteiger partial charge on any atom is -0.481 e. The molecule has 0 aromatic carbocycles. The van der Waals surface area contributed by atoms with E-state index in [0.717, 1.165) is 0 Å². The lowest BCUT2D eigenvalue weighted by Crippen LogP contribution is -2.42. The van der Waals surface area contributed by atoms with Crippen molar-refractivity contribution in [1.82, 2.24) is 9.88 Å². The summed E-state index contributed by atoms with van der Waals surface area (Å²) in [5.74, 6) is -3.39. The van der Waals surface area contributed by atoms with E-state index in [1.54, 1.807) is 6.92 Å². The van der Waals surface area contributed by atoms with Gasteiger partial charge in [0.15, 0.2) is 0 Å². The monoisotopic (exact) mass is 288 g/mol. The molecule has 1 aromatic heterocycles. The predicted octanol–water partition coefficient (Wildman–Crippen LogP) is 0.819. The highest BCUT2D eigenvalue weighted by atomic mass is 35.5. The summed E-state index contributed by atoms with van der Waals surface area (Å²) in [5.41, 5.74) is 0.184. The maximum Gasteiger partial charge on any atom is 0.326 e. The minimum atomic E-state index is -1.48. The number of nitrogens with one attached hydrogen (secondary N) is 1. The summed E-state index contributed by atoms with van der Waals surface area (Å²) in [6.45, 7) is 2.27. The van der Waals surface area contributed by atoms with E-state index < -0.39 is 30.3 Å². The fourth-order valence-corrected chi connectivity index (χ4v) is 1.75. The Morgan fingerprint density at radius 1 is 1.42 bits per heavy atom. The number of rotatable bonds is 6. The zero-order chi connectivity index (χ0) is 14.6. The molecular weight excluding hydrogens is 276 g/mol. The number of aliphatic carboxylic acids is 2. The maximum absolute atomic E-state index is 11.9. The summed E-state index contributed by atoms with van der Waals surface area (Å²) in [6, 6.07) is -0.0935. The number of aromatic nitrogens is 1. The number of carbonyl (C=O) groups is 3. The van der Waals surface area contributed by atoms with E-state index in [4.69, 9.17) is 21.8 Å². The van der Waals surface area contributed by atoms with Gasteiger partial charge in [0, 0.05) is 12.7 Å². The number of carbonyl (C=O) groups excluding carboxylic acids is 1. The van der Waals surface area contributed by atoms with Crippen molar-refractivity contribution in [1.29, 1.82) is 0 Å². The van der Waals surface area contributed by atoms with Crippen molar-refractivity contribution >= 4 is 29.4 Å². The van der Waals surface area contributed by atoms with Gasteiger partial charge in [-0.25, -0.2) is 4.79 Å². The molecule has 0 aliphatic rings. The molecule has 0 aliphatic carbocycles. The van der Waals surface area contributed by atoms with Gasteiger partial charge in [-0.1, -0.05) is 11.6 Å². The van der Waals surface area contributed by atoms with Crippen LogP contribution < -0.4 is 5.32 Å².